The standard InChI is InChI=1S/C17H13ClIN3O3S/c18-11-5-7-12(8-6-11)24-9-16-21-22-17(25-16)26-10-15(23)20-14-4-2-1-3-13(14)19/h1-8H,9-10H2,(H,20,23). The number of anilines is 1. The molecule has 0 saturated heterocycles. The third-order valence-electron chi connectivity index (χ3n) is 3.10. The molecule has 1 N–H and O–H groups in total. The molecule has 0 saturated carbocycles. The molecule has 26 heavy (non-hydrogen) atoms. The number of ether oxygens (including phenoxy) is 1. The van der Waals surface area contributed by atoms with E-state index in [1.54, 1.807) is 24.3 Å². The Morgan fingerprint density at radius 2 is 1.96 bits per heavy atom. The zero-order chi connectivity index (χ0) is 18.4. The topological polar surface area (TPSA) is 77.2 Å². The van der Waals surface area contributed by atoms with E-state index in [1.807, 2.05) is 24.3 Å². The second-order valence-corrected chi connectivity index (χ2v) is 7.55. The van der Waals surface area contributed by atoms with Gasteiger partial charge in [-0.25, -0.2) is 0 Å². The summed E-state index contributed by atoms with van der Waals surface area (Å²) in [6.07, 6.45) is 0. The van der Waals surface area contributed by atoms with Crippen LogP contribution in [-0.4, -0.2) is 21.9 Å². The lowest BCUT2D eigenvalue weighted by molar-refractivity contribution is -0.113. The number of hydrogen-bond donors (Lipinski definition) is 1. The van der Waals surface area contributed by atoms with E-state index in [0.717, 1.165) is 9.26 Å². The minimum atomic E-state index is -0.142. The SMILES string of the molecule is O=C(CSc1nnc(COc2ccc(Cl)cc2)o1)Nc1ccccc1I. The van der Waals surface area contributed by atoms with Crippen LogP contribution in [0, 0.1) is 3.57 Å². The Balaban J connectivity index is 1.46. The van der Waals surface area contributed by atoms with Gasteiger partial charge in [0.25, 0.3) is 11.1 Å². The largest absolute Gasteiger partial charge is 0.484 e. The van der Waals surface area contributed by atoms with Gasteiger partial charge in [-0.05, 0) is 59.0 Å². The van der Waals surface area contributed by atoms with Crippen LogP contribution in [0.2, 0.25) is 5.02 Å². The van der Waals surface area contributed by atoms with Crippen molar-refractivity contribution < 1.29 is 13.9 Å². The number of nitrogens with one attached hydrogen (secondary N) is 1. The van der Waals surface area contributed by atoms with Gasteiger partial charge in [-0.2, -0.15) is 0 Å². The number of para-hydroxylation sites is 1. The van der Waals surface area contributed by atoms with E-state index in [1.165, 1.54) is 11.8 Å². The van der Waals surface area contributed by atoms with E-state index in [2.05, 4.69) is 38.1 Å². The number of thioether (sulfide) groups is 1. The maximum Gasteiger partial charge on any atom is 0.277 e. The summed E-state index contributed by atoms with van der Waals surface area (Å²) < 4.78 is 12.0. The molecule has 0 aliphatic heterocycles. The molecule has 1 aromatic heterocycles. The number of benzene rings is 2. The number of carbonyl (C=O) groups is 1. The van der Waals surface area contributed by atoms with E-state index < -0.39 is 0 Å². The molecule has 0 unspecified atom stereocenters. The number of carbonyl (C=O) groups excluding carboxylic acids is 1. The molecule has 3 aromatic rings. The second-order valence-electron chi connectivity index (χ2n) is 5.02. The molecule has 2 aromatic carbocycles. The molecule has 0 fully saturated rings. The monoisotopic (exact) mass is 501 g/mol. The summed E-state index contributed by atoms with van der Waals surface area (Å²) in [6, 6.07) is 14.5. The normalized spacial score (nSPS) is 10.5. The molecule has 1 amide bonds. The zero-order valence-corrected chi connectivity index (χ0v) is 17.0. The molecule has 0 atom stereocenters. The molecule has 6 nitrogen and oxygen atoms in total. The van der Waals surface area contributed by atoms with Gasteiger partial charge in [0, 0.05) is 8.59 Å². The summed E-state index contributed by atoms with van der Waals surface area (Å²) in [6.45, 7) is 0.142. The van der Waals surface area contributed by atoms with E-state index >= 15 is 0 Å². The number of amides is 1. The Hall–Kier alpha value is -1.78. The van der Waals surface area contributed by atoms with Crippen LogP contribution in [0.15, 0.2) is 58.2 Å². The summed E-state index contributed by atoms with van der Waals surface area (Å²) >= 11 is 9.16. The van der Waals surface area contributed by atoms with Gasteiger partial charge >= 0.3 is 0 Å². The zero-order valence-electron chi connectivity index (χ0n) is 13.3. The van der Waals surface area contributed by atoms with Gasteiger partial charge in [-0.3, -0.25) is 4.79 Å². The van der Waals surface area contributed by atoms with Crippen LogP contribution in [0.3, 0.4) is 0 Å². The van der Waals surface area contributed by atoms with Gasteiger partial charge in [0.1, 0.15) is 5.75 Å². The predicted molar refractivity (Wildman–Crippen MR) is 109 cm³/mol. The van der Waals surface area contributed by atoms with Crippen LogP contribution in [0.4, 0.5) is 5.69 Å². The van der Waals surface area contributed by atoms with Crippen molar-refractivity contribution in [2.75, 3.05) is 11.1 Å². The average molecular weight is 502 g/mol. The summed E-state index contributed by atoms with van der Waals surface area (Å²) in [5.74, 6) is 1.01. The van der Waals surface area contributed by atoms with Gasteiger partial charge in [-0.15, -0.1) is 10.2 Å². The fourth-order valence-corrected chi connectivity index (χ4v) is 3.14. The summed E-state index contributed by atoms with van der Waals surface area (Å²) in [4.78, 5) is 12.0. The minimum absolute atomic E-state index is 0.142. The maximum atomic E-state index is 12.0. The van der Waals surface area contributed by atoms with Gasteiger partial charge in [0.15, 0.2) is 6.61 Å². The Labute approximate surface area is 172 Å². The van der Waals surface area contributed by atoms with Gasteiger partial charge in [0.2, 0.25) is 5.91 Å². The van der Waals surface area contributed by atoms with Crippen molar-refractivity contribution >= 4 is 57.5 Å². The summed E-state index contributed by atoms with van der Waals surface area (Å²) in [5, 5.41) is 11.6. The van der Waals surface area contributed by atoms with E-state index in [9.17, 15) is 4.79 Å². The molecule has 0 aliphatic rings. The van der Waals surface area contributed by atoms with Crippen molar-refractivity contribution in [2.24, 2.45) is 0 Å². The number of aromatic nitrogens is 2. The summed E-state index contributed by atoms with van der Waals surface area (Å²) in [5.41, 5.74) is 0.779. The quantitative estimate of drug-likeness (QED) is 0.375. The maximum absolute atomic E-state index is 12.0. The second kappa shape index (κ2) is 9.24. The highest BCUT2D eigenvalue weighted by Crippen LogP contribution is 2.21. The number of rotatable bonds is 7. The predicted octanol–water partition coefficient (Wildman–Crippen LogP) is 4.64. The lowest BCUT2D eigenvalue weighted by Crippen LogP contribution is -2.14. The van der Waals surface area contributed by atoms with Crippen LogP contribution in [0.1, 0.15) is 5.89 Å². The van der Waals surface area contributed by atoms with Crippen molar-refractivity contribution in [1.29, 1.82) is 0 Å². The first-order chi connectivity index (χ1) is 12.6. The lowest BCUT2D eigenvalue weighted by Gasteiger charge is -2.05. The summed E-state index contributed by atoms with van der Waals surface area (Å²) in [7, 11) is 0. The van der Waals surface area contributed by atoms with Crippen molar-refractivity contribution in [1.82, 2.24) is 10.2 Å². The number of hydrogen-bond acceptors (Lipinski definition) is 6. The molecule has 134 valence electrons. The van der Waals surface area contributed by atoms with Gasteiger partial charge < -0.3 is 14.5 Å². The average Bonchev–Trinajstić information content (AvgIpc) is 3.09. The number of nitrogens with zero attached hydrogens (tertiary/aromatic N) is 2. The first-order valence-corrected chi connectivity index (χ1v) is 9.92. The number of halogens is 2. The van der Waals surface area contributed by atoms with Crippen molar-refractivity contribution in [3.05, 3.63) is 63.0 Å². The minimum Gasteiger partial charge on any atom is -0.484 e. The van der Waals surface area contributed by atoms with Crippen molar-refractivity contribution in [3.8, 4) is 5.75 Å². The molecule has 0 radical (unpaired) electrons. The third kappa shape index (κ3) is 5.61. The smallest absolute Gasteiger partial charge is 0.277 e. The third-order valence-corrected chi connectivity index (χ3v) is 5.11. The van der Waals surface area contributed by atoms with Crippen LogP contribution < -0.4 is 10.1 Å². The highest BCUT2D eigenvalue weighted by molar-refractivity contribution is 14.1. The first-order valence-electron chi connectivity index (χ1n) is 7.48. The van der Waals surface area contributed by atoms with Gasteiger partial charge in [0.05, 0.1) is 11.4 Å². The first kappa shape index (κ1) is 19.0. The van der Waals surface area contributed by atoms with Crippen LogP contribution in [-0.2, 0) is 11.4 Å². The van der Waals surface area contributed by atoms with Crippen LogP contribution >= 0.6 is 46.0 Å². The highest BCUT2D eigenvalue weighted by Gasteiger charge is 2.11. The molecular formula is C17H13ClIN3O3S. The van der Waals surface area contributed by atoms with E-state index in [-0.39, 0.29) is 18.3 Å². The molecule has 9 heteroatoms. The van der Waals surface area contributed by atoms with E-state index in [0.29, 0.717) is 21.9 Å². The Morgan fingerprint density at radius 3 is 2.73 bits per heavy atom. The Kier molecular flexibility index (Phi) is 6.75. The molecule has 0 spiro atoms. The van der Waals surface area contributed by atoms with Gasteiger partial charge in [-0.1, -0.05) is 35.5 Å². The van der Waals surface area contributed by atoms with Crippen LogP contribution in [0.5, 0.6) is 5.75 Å². The molecular weight excluding hydrogens is 489 g/mol. The Morgan fingerprint density at radius 1 is 1.19 bits per heavy atom. The van der Waals surface area contributed by atoms with E-state index in [4.69, 9.17) is 20.8 Å². The fraction of sp³-hybridized carbons (Fsp3) is 0.118. The molecule has 0 bridgehead atoms. The van der Waals surface area contributed by atoms with Crippen molar-refractivity contribution in [3.63, 3.8) is 0 Å². The Bertz CT molecular complexity index is 889. The molecule has 0 aliphatic carbocycles. The van der Waals surface area contributed by atoms with Crippen LogP contribution in [0.25, 0.3) is 0 Å². The van der Waals surface area contributed by atoms with Crippen molar-refractivity contribution in [2.45, 2.75) is 11.8 Å². The molecule has 3 rings (SSSR count). The molecule has 1 heterocycles. The lowest BCUT2D eigenvalue weighted by atomic mass is 10.3. The fourth-order valence-electron chi connectivity index (χ4n) is 1.91. The highest BCUT2D eigenvalue weighted by atomic mass is 127.